The van der Waals surface area contributed by atoms with Crippen molar-refractivity contribution < 1.29 is 14.3 Å². The number of ether oxygens (including phenoxy) is 2. The van der Waals surface area contributed by atoms with Crippen molar-refractivity contribution in [1.29, 1.82) is 0 Å². The van der Waals surface area contributed by atoms with Crippen LogP contribution in [0.4, 0.5) is 17.5 Å². The third-order valence-corrected chi connectivity index (χ3v) is 5.89. The number of H-pyrrole nitrogens is 2. The van der Waals surface area contributed by atoms with Crippen LogP contribution in [-0.2, 0) is 11.3 Å². The van der Waals surface area contributed by atoms with Gasteiger partial charge in [0, 0.05) is 50.9 Å². The van der Waals surface area contributed by atoms with Gasteiger partial charge in [0.25, 0.3) is 0 Å². The van der Waals surface area contributed by atoms with Crippen LogP contribution in [0.5, 0.6) is 11.5 Å². The Balaban J connectivity index is 0.000000617. The van der Waals surface area contributed by atoms with Gasteiger partial charge in [0.15, 0.2) is 17.4 Å². The number of hydrogen-bond donors (Lipinski definition) is 5. The average Bonchev–Trinajstić information content (AvgIpc) is 3.58. The number of anilines is 3. The van der Waals surface area contributed by atoms with Gasteiger partial charge in [-0.05, 0) is 44.1 Å². The molecule has 0 aliphatic carbocycles. The van der Waals surface area contributed by atoms with Gasteiger partial charge in [0.1, 0.15) is 24.4 Å². The van der Waals surface area contributed by atoms with Gasteiger partial charge < -0.3 is 40.3 Å². The Morgan fingerprint density at radius 3 is 2.87 bits per heavy atom. The summed E-state index contributed by atoms with van der Waals surface area (Å²) in [5.41, 5.74) is 2.88. The highest BCUT2D eigenvalue weighted by atomic mass is 16.5. The fourth-order valence-corrected chi connectivity index (χ4v) is 3.93. The van der Waals surface area contributed by atoms with Gasteiger partial charge in [-0.2, -0.15) is 0 Å². The lowest BCUT2D eigenvalue weighted by Gasteiger charge is -2.19. The maximum absolute atomic E-state index is 9.70. The molecule has 5 rings (SSSR count). The summed E-state index contributed by atoms with van der Waals surface area (Å²) in [6, 6.07) is 5.87. The number of hydrogen-bond acceptors (Lipinski definition) is 9. The fraction of sp³-hybridized carbons (Fsp3) is 0.385. The molecule has 4 aromatic rings. The van der Waals surface area contributed by atoms with Gasteiger partial charge in [-0.1, -0.05) is 0 Å². The monoisotopic (exact) mass is 521 g/mol. The molecule has 1 aliphatic rings. The van der Waals surface area contributed by atoms with E-state index < -0.39 is 0 Å². The zero-order valence-electron chi connectivity index (χ0n) is 22.0. The molecule has 5 N–H and O–H groups in total. The molecule has 3 aromatic heterocycles. The Bertz CT molecular complexity index is 1310. The summed E-state index contributed by atoms with van der Waals surface area (Å²) in [6.07, 6.45) is 9.08. The lowest BCUT2D eigenvalue weighted by atomic mass is 10.2. The van der Waals surface area contributed by atoms with Crippen molar-refractivity contribution in [2.45, 2.75) is 26.3 Å². The minimum atomic E-state index is 0.00463. The quantitative estimate of drug-likeness (QED) is 0.250. The molecule has 0 saturated heterocycles. The molecule has 0 fully saturated rings. The van der Waals surface area contributed by atoms with Crippen molar-refractivity contribution in [3.63, 3.8) is 0 Å². The SMILES string of the molecule is CN1CCCCOc2cc(ccc2OCCNc2ncc[nH]2)Nc2ncnc3[nH]cc(c23)C1.CNC(C)=O. The summed E-state index contributed by atoms with van der Waals surface area (Å²) >= 11 is 0. The van der Waals surface area contributed by atoms with Crippen LogP contribution in [0.25, 0.3) is 11.0 Å². The van der Waals surface area contributed by atoms with Crippen LogP contribution in [-0.4, -0.2) is 76.1 Å². The van der Waals surface area contributed by atoms with E-state index in [-0.39, 0.29) is 5.91 Å². The number of carbonyl (C=O) groups is 1. The zero-order valence-corrected chi connectivity index (χ0v) is 22.0. The van der Waals surface area contributed by atoms with E-state index in [1.807, 2.05) is 24.4 Å². The lowest BCUT2D eigenvalue weighted by Crippen LogP contribution is -2.19. The summed E-state index contributed by atoms with van der Waals surface area (Å²) in [7, 11) is 3.73. The van der Waals surface area contributed by atoms with Crippen LogP contribution in [0.3, 0.4) is 0 Å². The number of nitrogens with one attached hydrogen (secondary N) is 5. The first-order valence-corrected chi connectivity index (χ1v) is 12.6. The van der Waals surface area contributed by atoms with E-state index in [0.717, 1.165) is 54.4 Å². The number of rotatable bonds is 5. The largest absolute Gasteiger partial charge is 0.490 e. The summed E-state index contributed by atoms with van der Waals surface area (Å²) in [6.45, 7) is 5.01. The van der Waals surface area contributed by atoms with E-state index in [2.05, 4.69) is 52.8 Å². The highest BCUT2D eigenvalue weighted by molar-refractivity contribution is 5.92. The predicted molar refractivity (Wildman–Crippen MR) is 147 cm³/mol. The van der Waals surface area contributed by atoms with Crippen molar-refractivity contribution in [1.82, 2.24) is 35.1 Å². The Morgan fingerprint density at radius 1 is 1.21 bits per heavy atom. The van der Waals surface area contributed by atoms with Gasteiger partial charge in [0.05, 0.1) is 18.5 Å². The third-order valence-electron chi connectivity index (χ3n) is 5.89. The van der Waals surface area contributed by atoms with E-state index in [4.69, 9.17) is 9.47 Å². The predicted octanol–water partition coefficient (Wildman–Crippen LogP) is 3.27. The van der Waals surface area contributed by atoms with E-state index in [1.165, 1.54) is 12.5 Å². The van der Waals surface area contributed by atoms with Crippen LogP contribution in [0.15, 0.2) is 43.1 Å². The molecular formula is C26H35N9O3. The Kier molecular flexibility index (Phi) is 9.35. The second-order valence-electron chi connectivity index (χ2n) is 8.86. The van der Waals surface area contributed by atoms with Crippen molar-refractivity contribution in [2.24, 2.45) is 0 Å². The number of aromatic nitrogens is 5. The highest BCUT2D eigenvalue weighted by Gasteiger charge is 2.15. The van der Waals surface area contributed by atoms with Gasteiger partial charge >= 0.3 is 0 Å². The van der Waals surface area contributed by atoms with Gasteiger partial charge in [-0.3, -0.25) is 4.79 Å². The molecule has 4 heterocycles. The second kappa shape index (κ2) is 13.3. The van der Waals surface area contributed by atoms with Crippen LogP contribution >= 0.6 is 0 Å². The van der Waals surface area contributed by atoms with E-state index >= 15 is 0 Å². The Labute approximate surface area is 221 Å². The third kappa shape index (κ3) is 7.35. The Morgan fingerprint density at radius 2 is 2.08 bits per heavy atom. The van der Waals surface area contributed by atoms with Gasteiger partial charge in [-0.25, -0.2) is 15.0 Å². The number of nitrogens with zero attached hydrogens (tertiary/aromatic N) is 4. The van der Waals surface area contributed by atoms with Gasteiger partial charge in [-0.15, -0.1) is 0 Å². The summed E-state index contributed by atoms with van der Waals surface area (Å²) < 4.78 is 12.1. The molecule has 0 unspecified atom stereocenters. The molecule has 0 radical (unpaired) electrons. The molecule has 0 spiro atoms. The number of imidazole rings is 1. The molecule has 1 aromatic carbocycles. The molecule has 1 aliphatic heterocycles. The van der Waals surface area contributed by atoms with Crippen molar-refractivity contribution >= 4 is 34.4 Å². The first-order chi connectivity index (χ1) is 18.5. The smallest absolute Gasteiger partial charge is 0.216 e. The number of carbonyl (C=O) groups excluding carboxylic acids is 1. The average molecular weight is 522 g/mol. The standard InChI is InChI=1S/C23H28N8O2.C3H7NO/c1-31-9-2-3-10-32-19-12-17(4-5-18(19)33-11-8-26-23-24-6-7-25-23)30-22-20-16(14-31)13-27-21(20)28-15-29-22;1-3(5)4-2/h4-7,12-13,15H,2-3,8-11,14H2,1H3,(H2,24,25,26)(H2,27,28,29,30);1-2H3,(H,4,5). The first-order valence-electron chi connectivity index (χ1n) is 12.6. The van der Waals surface area contributed by atoms with E-state index in [1.54, 1.807) is 25.8 Å². The van der Waals surface area contributed by atoms with Crippen LogP contribution in [0.2, 0.25) is 0 Å². The summed E-state index contributed by atoms with van der Waals surface area (Å²) in [4.78, 5) is 31.4. The molecule has 2 bridgehead atoms. The van der Waals surface area contributed by atoms with E-state index in [9.17, 15) is 4.79 Å². The molecule has 0 saturated carbocycles. The molecule has 1 amide bonds. The Hall–Kier alpha value is -4.32. The van der Waals surface area contributed by atoms with Crippen molar-refractivity contribution in [3.8, 4) is 11.5 Å². The normalized spacial score (nSPS) is 13.8. The summed E-state index contributed by atoms with van der Waals surface area (Å²) in [5, 5.41) is 10.0. The molecular weight excluding hydrogens is 486 g/mol. The number of aromatic amines is 2. The van der Waals surface area contributed by atoms with Crippen molar-refractivity contribution in [3.05, 3.63) is 48.7 Å². The minimum Gasteiger partial charge on any atom is -0.490 e. The molecule has 0 atom stereocenters. The first kappa shape index (κ1) is 26.7. The minimum absolute atomic E-state index is 0.00463. The number of fused-ring (bicyclic) bond motifs is 2. The molecule has 12 heteroatoms. The zero-order chi connectivity index (χ0) is 26.7. The fourth-order valence-electron chi connectivity index (χ4n) is 3.93. The van der Waals surface area contributed by atoms with E-state index in [0.29, 0.717) is 31.3 Å². The summed E-state index contributed by atoms with van der Waals surface area (Å²) in [5.74, 6) is 2.92. The number of amides is 1. The maximum atomic E-state index is 9.70. The second-order valence-corrected chi connectivity index (χ2v) is 8.86. The van der Waals surface area contributed by atoms with Gasteiger partial charge in [0.2, 0.25) is 5.91 Å². The van der Waals surface area contributed by atoms with Crippen LogP contribution in [0, 0.1) is 0 Å². The lowest BCUT2D eigenvalue weighted by molar-refractivity contribution is -0.118. The topological polar surface area (TPSA) is 145 Å². The van der Waals surface area contributed by atoms with Crippen molar-refractivity contribution in [2.75, 3.05) is 51.0 Å². The van der Waals surface area contributed by atoms with Crippen LogP contribution < -0.4 is 25.4 Å². The highest BCUT2D eigenvalue weighted by Crippen LogP contribution is 2.34. The van der Waals surface area contributed by atoms with Crippen LogP contribution in [0.1, 0.15) is 25.3 Å². The molecule has 202 valence electrons. The molecule has 12 nitrogen and oxygen atoms in total. The molecule has 38 heavy (non-hydrogen) atoms. The number of benzene rings is 1. The maximum Gasteiger partial charge on any atom is 0.216 e.